The van der Waals surface area contributed by atoms with Gasteiger partial charge in [0.05, 0.1) is 34.4 Å². The highest BCUT2D eigenvalue weighted by atomic mass is 16.7. The zero-order chi connectivity index (χ0) is 54.8. The normalized spacial score (nSPS) is 13.9. The highest BCUT2D eigenvalue weighted by Crippen LogP contribution is 2.13. The lowest BCUT2D eigenvalue weighted by atomic mass is 10.1. The second kappa shape index (κ2) is 55.4. The third kappa shape index (κ3) is 56.7. The van der Waals surface area contributed by atoms with Gasteiger partial charge >= 0.3 is 17.9 Å². The third-order valence-corrected chi connectivity index (χ3v) is 11.6. The van der Waals surface area contributed by atoms with Crippen molar-refractivity contribution in [2.75, 3.05) is 47.5 Å². The Balaban J connectivity index is 4.19. The molecule has 0 bridgehead atoms. The maximum absolute atomic E-state index is 12.8. The number of carboxylic acids is 1. The van der Waals surface area contributed by atoms with Crippen LogP contribution in [0.3, 0.4) is 0 Å². The van der Waals surface area contributed by atoms with E-state index in [0.717, 1.165) is 122 Å². The van der Waals surface area contributed by atoms with Crippen molar-refractivity contribution >= 4 is 17.9 Å². The molecule has 0 saturated carbocycles. The molecule has 1 N–H and O–H groups in total. The summed E-state index contributed by atoms with van der Waals surface area (Å²) in [5, 5.41) is 9.65. The lowest BCUT2D eigenvalue weighted by Gasteiger charge is -2.25. The van der Waals surface area contributed by atoms with Gasteiger partial charge in [-0.25, -0.2) is 4.79 Å². The summed E-state index contributed by atoms with van der Waals surface area (Å²) in [6.45, 7) is 4.67. The molecule has 0 saturated heterocycles. The molecule has 9 nitrogen and oxygen atoms in total. The molecule has 422 valence electrons. The fourth-order valence-electron chi connectivity index (χ4n) is 7.17. The molecule has 2 atom stereocenters. The molecule has 0 heterocycles. The summed E-state index contributed by atoms with van der Waals surface area (Å²) in [5.41, 5.74) is 0. The highest BCUT2D eigenvalue weighted by molar-refractivity contribution is 5.71. The Morgan fingerprint density at radius 3 is 1.13 bits per heavy atom. The van der Waals surface area contributed by atoms with Gasteiger partial charge in [0.25, 0.3) is 6.29 Å². The molecule has 0 spiro atoms. The minimum Gasteiger partial charge on any atom is -0.477 e. The molecule has 75 heavy (non-hydrogen) atoms. The summed E-state index contributed by atoms with van der Waals surface area (Å²) in [6.07, 6.45) is 78.1. The van der Waals surface area contributed by atoms with Crippen molar-refractivity contribution in [1.29, 1.82) is 0 Å². The van der Waals surface area contributed by atoms with Crippen LogP contribution in [0, 0.1) is 0 Å². The van der Waals surface area contributed by atoms with Gasteiger partial charge < -0.3 is 28.5 Å². The molecule has 0 radical (unpaired) electrons. The van der Waals surface area contributed by atoms with E-state index in [1.54, 1.807) is 0 Å². The number of carbonyl (C=O) groups is 3. The van der Waals surface area contributed by atoms with Gasteiger partial charge in [0.1, 0.15) is 13.2 Å². The molecule has 0 aromatic carbocycles. The number of nitrogens with zero attached hydrogens (tertiary/aromatic N) is 1. The summed E-state index contributed by atoms with van der Waals surface area (Å²) >= 11 is 0. The molecule has 0 aliphatic rings. The molecule has 0 fully saturated rings. The quantitative estimate of drug-likeness (QED) is 0.0211. The van der Waals surface area contributed by atoms with Crippen molar-refractivity contribution in [2.45, 2.75) is 206 Å². The molecule has 2 unspecified atom stereocenters. The Kier molecular flexibility index (Phi) is 51.8. The van der Waals surface area contributed by atoms with Gasteiger partial charge in [0.15, 0.2) is 6.10 Å². The Bertz CT molecular complexity index is 1730. The maximum Gasteiger partial charge on any atom is 0.361 e. The standard InChI is InChI=1S/C66H105NO8/c1-6-8-10-12-14-16-17-18-19-20-21-22-23-24-25-26-27-28-29-30-31-32-33-34-35-36-37-38-39-40-41-42-43-44-45-46-47-49-51-53-55-57-64(69)75-62(61-74-66(65(70)71)72-59-58-67(3,4)5)60-73-63(68)56-54-52-50-48-15-13-11-9-7-2/h8,10,14,16,18-19,21-22,24-25,27-28,30-31,33-34,36-37,39-40,42-43,45-46,62,66H,6-7,9,11-13,15,17,20,23,26,29,32,35,38,41,44,47-61H2,1-5H3/p+1/b10-8-,16-14-,19-18-,22-21-,25-24-,28-27-,31-30-,34-33-,37-36-,40-39-,43-42-,46-45-. The first-order valence-corrected chi connectivity index (χ1v) is 29.0. The molecular formula is C66H106NO8+. The van der Waals surface area contributed by atoms with E-state index < -0.39 is 24.3 Å². The van der Waals surface area contributed by atoms with Gasteiger partial charge in [0, 0.05) is 12.8 Å². The predicted molar refractivity (Wildman–Crippen MR) is 317 cm³/mol. The van der Waals surface area contributed by atoms with Gasteiger partial charge in [-0.1, -0.05) is 224 Å². The van der Waals surface area contributed by atoms with Gasteiger partial charge in [0.2, 0.25) is 0 Å². The van der Waals surface area contributed by atoms with E-state index in [2.05, 4.69) is 160 Å². The number of allylic oxidation sites excluding steroid dienone is 24. The number of likely N-dealkylation sites (N-methyl/N-ethyl adjacent to an activating group) is 1. The average Bonchev–Trinajstić information content (AvgIpc) is 3.38. The first-order chi connectivity index (χ1) is 36.6. The number of esters is 2. The fraction of sp³-hybridized carbons (Fsp3) is 0.591. The zero-order valence-corrected chi connectivity index (χ0v) is 47.9. The number of hydrogen-bond donors (Lipinski definition) is 1. The van der Waals surface area contributed by atoms with Gasteiger partial charge in [-0.3, -0.25) is 9.59 Å². The highest BCUT2D eigenvalue weighted by Gasteiger charge is 2.25. The molecule has 0 aliphatic heterocycles. The Hall–Kier alpha value is -4.83. The van der Waals surface area contributed by atoms with Crippen molar-refractivity contribution in [2.24, 2.45) is 0 Å². The molecule has 0 amide bonds. The summed E-state index contributed by atoms with van der Waals surface area (Å²) < 4.78 is 22.7. The lowest BCUT2D eigenvalue weighted by Crippen LogP contribution is -2.40. The van der Waals surface area contributed by atoms with E-state index in [1.807, 2.05) is 21.1 Å². The average molecular weight is 1040 g/mol. The topological polar surface area (TPSA) is 108 Å². The van der Waals surface area contributed by atoms with Crippen molar-refractivity contribution in [3.8, 4) is 0 Å². The van der Waals surface area contributed by atoms with Gasteiger partial charge in [-0.15, -0.1) is 0 Å². The fourth-order valence-corrected chi connectivity index (χ4v) is 7.17. The second-order valence-electron chi connectivity index (χ2n) is 19.9. The van der Waals surface area contributed by atoms with Crippen LogP contribution < -0.4 is 0 Å². The Morgan fingerprint density at radius 2 is 0.760 bits per heavy atom. The lowest BCUT2D eigenvalue weighted by molar-refractivity contribution is -0.870. The van der Waals surface area contributed by atoms with Crippen LogP contribution in [0.1, 0.15) is 194 Å². The molecule has 0 aromatic heterocycles. The number of carboxylic acid groups (broad SMARTS) is 1. The monoisotopic (exact) mass is 1040 g/mol. The largest absolute Gasteiger partial charge is 0.477 e. The van der Waals surface area contributed by atoms with E-state index in [1.165, 1.54) is 38.5 Å². The number of hydrogen-bond acceptors (Lipinski definition) is 7. The maximum atomic E-state index is 12.8. The number of unbranched alkanes of at least 4 members (excludes halogenated alkanes) is 12. The van der Waals surface area contributed by atoms with E-state index in [0.29, 0.717) is 17.4 Å². The van der Waals surface area contributed by atoms with Crippen LogP contribution in [0.4, 0.5) is 0 Å². The molecule has 9 heteroatoms. The first kappa shape index (κ1) is 70.2. The number of ether oxygens (including phenoxy) is 4. The Labute approximate surface area is 458 Å². The van der Waals surface area contributed by atoms with Crippen LogP contribution in [-0.2, 0) is 33.3 Å². The van der Waals surface area contributed by atoms with E-state index in [9.17, 15) is 19.5 Å². The van der Waals surface area contributed by atoms with E-state index in [-0.39, 0.29) is 38.6 Å². The van der Waals surface area contributed by atoms with Crippen LogP contribution >= 0.6 is 0 Å². The van der Waals surface area contributed by atoms with Crippen molar-refractivity contribution in [1.82, 2.24) is 0 Å². The van der Waals surface area contributed by atoms with Crippen molar-refractivity contribution in [3.63, 3.8) is 0 Å². The van der Waals surface area contributed by atoms with Crippen LogP contribution in [0.25, 0.3) is 0 Å². The number of rotatable bonds is 51. The smallest absolute Gasteiger partial charge is 0.361 e. The van der Waals surface area contributed by atoms with E-state index >= 15 is 0 Å². The molecular weight excluding hydrogens is 935 g/mol. The number of quaternary nitrogens is 1. The van der Waals surface area contributed by atoms with Gasteiger partial charge in [-0.05, 0) is 103 Å². The molecule has 0 aromatic rings. The number of carbonyl (C=O) groups excluding carboxylic acids is 2. The number of aliphatic carboxylic acids is 1. The summed E-state index contributed by atoms with van der Waals surface area (Å²) in [5.74, 6) is -2.06. The summed E-state index contributed by atoms with van der Waals surface area (Å²) in [6, 6.07) is 0. The van der Waals surface area contributed by atoms with Crippen molar-refractivity contribution < 1.29 is 42.9 Å². The molecule has 0 rings (SSSR count). The minimum absolute atomic E-state index is 0.176. The Morgan fingerprint density at radius 1 is 0.413 bits per heavy atom. The van der Waals surface area contributed by atoms with Gasteiger partial charge in [-0.2, -0.15) is 0 Å². The second-order valence-corrected chi connectivity index (χ2v) is 19.9. The van der Waals surface area contributed by atoms with Crippen LogP contribution in [0.5, 0.6) is 0 Å². The minimum atomic E-state index is -1.52. The predicted octanol–water partition coefficient (Wildman–Crippen LogP) is 17.2. The zero-order valence-electron chi connectivity index (χ0n) is 47.9. The van der Waals surface area contributed by atoms with Crippen molar-refractivity contribution in [3.05, 3.63) is 146 Å². The van der Waals surface area contributed by atoms with Crippen LogP contribution in [0.2, 0.25) is 0 Å². The first-order valence-electron chi connectivity index (χ1n) is 29.0. The van der Waals surface area contributed by atoms with Crippen LogP contribution in [0.15, 0.2) is 146 Å². The SMILES string of the molecule is CC/C=C\C/C=C\C/C=C\C/C=C\C/C=C\C/C=C\C/C=C\C/C=C\C/C=C\C/C=C\C/C=C\C/C=C\CCCCCCC(=O)OC(COC(=O)CCCCCCCCCCC)COC(OCC[N+](C)(C)C)C(=O)O. The molecule has 0 aliphatic carbocycles. The van der Waals surface area contributed by atoms with Crippen LogP contribution in [-0.4, -0.2) is 87.4 Å². The van der Waals surface area contributed by atoms with E-state index in [4.69, 9.17) is 18.9 Å². The third-order valence-electron chi connectivity index (χ3n) is 11.6. The summed E-state index contributed by atoms with van der Waals surface area (Å²) in [4.78, 5) is 37.2. The summed E-state index contributed by atoms with van der Waals surface area (Å²) in [7, 11) is 5.94.